The molecular formula is C16H24N2O4S. The monoisotopic (exact) mass is 340 g/mol. The highest BCUT2D eigenvalue weighted by molar-refractivity contribution is 7.92. The van der Waals surface area contributed by atoms with E-state index in [-0.39, 0.29) is 24.2 Å². The number of rotatable bonds is 6. The van der Waals surface area contributed by atoms with E-state index < -0.39 is 10.0 Å². The number of anilines is 2. The molecule has 2 rings (SSSR count). The minimum absolute atomic E-state index is 0.0166. The van der Waals surface area contributed by atoms with E-state index in [2.05, 4.69) is 4.72 Å². The fourth-order valence-electron chi connectivity index (χ4n) is 2.76. The summed E-state index contributed by atoms with van der Waals surface area (Å²) in [6.45, 7) is 4.36. The third-order valence-corrected chi connectivity index (χ3v) is 5.25. The Labute approximate surface area is 137 Å². The number of benzene rings is 1. The first-order chi connectivity index (χ1) is 10.8. The number of fused-ring (bicyclic) bond motifs is 1. The molecule has 0 aromatic heterocycles. The molecule has 0 saturated carbocycles. The Morgan fingerprint density at radius 1 is 1.39 bits per heavy atom. The zero-order chi connectivity index (χ0) is 17.0. The van der Waals surface area contributed by atoms with Crippen molar-refractivity contribution in [1.82, 2.24) is 0 Å². The topological polar surface area (TPSA) is 75.7 Å². The summed E-state index contributed by atoms with van der Waals surface area (Å²) in [6.07, 6.45) is 1.77. The summed E-state index contributed by atoms with van der Waals surface area (Å²) in [4.78, 5) is 13.8. The van der Waals surface area contributed by atoms with Crippen LogP contribution in [0.2, 0.25) is 0 Å². The smallest absolute Gasteiger partial charge is 0.252 e. The van der Waals surface area contributed by atoms with Gasteiger partial charge in [0.1, 0.15) is 6.61 Å². The third kappa shape index (κ3) is 4.68. The Hall–Kier alpha value is -1.60. The number of sulfonamides is 1. The van der Waals surface area contributed by atoms with Gasteiger partial charge in [0.25, 0.3) is 5.91 Å². The predicted molar refractivity (Wildman–Crippen MR) is 91.2 cm³/mol. The molecule has 1 aliphatic heterocycles. The van der Waals surface area contributed by atoms with Crippen LogP contribution in [0.5, 0.6) is 0 Å². The van der Waals surface area contributed by atoms with Crippen LogP contribution in [-0.2, 0) is 26.0 Å². The van der Waals surface area contributed by atoms with Crippen molar-refractivity contribution >= 4 is 27.3 Å². The van der Waals surface area contributed by atoms with Crippen molar-refractivity contribution in [2.75, 3.05) is 35.6 Å². The molecule has 1 aromatic carbocycles. The Bertz CT molecular complexity index is 671. The largest absolute Gasteiger partial charge is 0.375 e. The maximum absolute atomic E-state index is 12.2. The lowest BCUT2D eigenvalue weighted by molar-refractivity contribution is -0.122. The number of carbonyl (C=O) groups excluding carboxylic acids is 1. The normalized spacial score (nSPS) is 14.7. The van der Waals surface area contributed by atoms with Gasteiger partial charge < -0.3 is 9.64 Å². The molecule has 128 valence electrons. The van der Waals surface area contributed by atoms with Crippen LogP contribution in [-0.4, -0.2) is 40.3 Å². The number of carbonyl (C=O) groups is 1. The maximum atomic E-state index is 12.2. The average molecular weight is 340 g/mol. The second-order valence-corrected chi connectivity index (χ2v) is 7.97. The SMILES string of the molecule is COCC(=O)N1CCCc2ccc(NS(=O)(=O)CC(C)C)cc21. The minimum Gasteiger partial charge on any atom is -0.375 e. The fourth-order valence-corrected chi connectivity index (χ4v) is 4.21. The molecule has 6 nitrogen and oxygen atoms in total. The zero-order valence-electron chi connectivity index (χ0n) is 13.8. The predicted octanol–water partition coefficient (Wildman–Crippen LogP) is 2.01. The van der Waals surface area contributed by atoms with Gasteiger partial charge in [0.15, 0.2) is 0 Å². The number of nitrogens with one attached hydrogen (secondary N) is 1. The van der Waals surface area contributed by atoms with E-state index in [1.165, 1.54) is 7.11 Å². The van der Waals surface area contributed by atoms with Crippen LogP contribution < -0.4 is 9.62 Å². The van der Waals surface area contributed by atoms with Crippen molar-refractivity contribution in [2.45, 2.75) is 26.7 Å². The first-order valence-corrected chi connectivity index (χ1v) is 9.40. The van der Waals surface area contributed by atoms with Crippen molar-refractivity contribution in [1.29, 1.82) is 0 Å². The molecule has 0 bridgehead atoms. The van der Waals surface area contributed by atoms with Gasteiger partial charge >= 0.3 is 0 Å². The Kier molecular flexibility index (Phi) is 5.64. The Balaban J connectivity index is 2.26. The summed E-state index contributed by atoms with van der Waals surface area (Å²) in [7, 11) is -1.90. The molecule has 0 spiro atoms. The fraction of sp³-hybridized carbons (Fsp3) is 0.562. The van der Waals surface area contributed by atoms with E-state index in [1.807, 2.05) is 19.9 Å². The maximum Gasteiger partial charge on any atom is 0.252 e. The molecule has 7 heteroatoms. The van der Waals surface area contributed by atoms with Crippen molar-refractivity contribution in [3.63, 3.8) is 0 Å². The van der Waals surface area contributed by atoms with Crippen molar-refractivity contribution in [3.8, 4) is 0 Å². The molecule has 0 saturated heterocycles. The molecule has 0 fully saturated rings. The Morgan fingerprint density at radius 3 is 2.78 bits per heavy atom. The van der Waals surface area contributed by atoms with Crippen molar-refractivity contribution < 1.29 is 17.9 Å². The zero-order valence-corrected chi connectivity index (χ0v) is 14.6. The van der Waals surface area contributed by atoms with Gasteiger partial charge in [-0.15, -0.1) is 0 Å². The molecule has 1 amide bonds. The molecule has 0 unspecified atom stereocenters. The summed E-state index contributed by atoms with van der Waals surface area (Å²) >= 11 is 0. The summed E-state index contributed by atoms with van der Waals surface area (Å²) < 4.78 is 31.7. The number of aryl methyl sites for hydroxylation is 1. The molecule has 0 radical (unpaired) electrons. The van der Waals surface area contributed by atoms with E-state index in [0.29, 0.717) is 12.2 Å². The Morgan fingerprint density at radius 2 is 2.13 bits per heavy atom. The van der Waals surface area contributed by atoms with Crippen LogP contribution in [0, 0.1) is 5.92 Å². The summed E-state index contributed by atoms with van der Waals surface area (Å²) in [6, 6.07) is 5.37. The second-order valence-electron chi connectivity index (χ2n) is 6.20. The van der Waals surface area contributed by atoms with Gasteiger partial charge in [-0.05, 0) is 36.5 Å². The quantitative estimate of drug-likeness (QED) is 0.859. The lowest BCUT2D eigenvalue weighted by atomic mass is 10.0. The highest BCUT2D eigenvalue weighted by atomic mass is 32.2. The highest BCUT2D eigenvalue weighted by Gasteiger charge is 2.23. The van der Waals surface area contributed by atoms with E-state index in [9.17, 15) is 13.2 Å². The molecule has 0 atom stereocenters. The average Bonchev–Trinajstić information content (AvgIpc) is 2.44. The van der Waals surface area contributed by atoms with Crippen LogP contribution in [0.3, 0.4) is 0 Å². The van der Waals surface area contributed by atoms with E-state index in [4.69, 9.17) is 4.74 Å². The number of nitrogens with zero attached hydrogens (tertiary/aromatic N) is 1. The number of hydrogen-bond donors (Lipinski definition) is 1. The van der Waals surface area contributed by atoms with Gasteiger partial charge in [0.05, 0.1) is 11.4 Å². The van der Waals surface area contributed by atoms with Crippen LogP contribution in [0.15, 0.2) is 18.2 Å². The first-order valence-electron chi connectivity index (χ1n) is 7.75. The van der Waals surface area contributed by atoms with E-state index in [0.717, 1.165) is 24.1 Å². The van der Waals surface area contributed by atoms with Gasteiger partial charge in [0, 0.05) is 19.3 Å². The summed E-state index contributed by atoms with van der Waals surface area (Å²) in [5.41, 5.74) is 2.30. The van der Waals surface area contributed by atoms with Crippen LogP contribution in [0.25, 0.3) is 0 Å². The molecule has 1 N–H and O–H groups in total. The van der Waals surface area contributed by atoms with Gasteiger partial charge in [-0.2, -0.15) is 0 Å². The van der Waals surface area contributed by atoms with E-state index >= 15 is 0 Å². The van der Waals surface area contributed by atoms with E-state index in [1.54, 1.807) is 17.0 Å². The number of amides is 1. The molecular weight excluding hydrogens is 316 g/mol. The molecule has 23 heavy (non-hydrogen) atoms. The molecule has 0 aliphatic carbocycles. The summed E-state index contributed by atoms with van der Waals surface area (Å²) in [5.74, 6) is -0.00306. The number of hydrogen-bond acceptors (Lipinski definition) is 4. The number of methoxy groups -OCH3 is 1. The first kappa shape index (κ1) is 17.7. The standard InChI is InChI=1S/C16H24N2O4S/c1-12(2)11-23(20,21)17-14-7-6-13-5-4-8-18(15(13)9-14)16(19)10-22-3/h6-7,9,12,17H,4-5,8,10-11H2,1-3H3. The van der Waals surface area contributed by atoms with Crippen molar-refractivity contribution in [3.05, 3.63) is 23.8 Å². The summed E-state index contributed by atoms with van der Waals surface area (Å²) in [5, 5.41) is 0. The lowest BCUT2D eigenvalue weighted by Crippen LogP contribution is -2.37. The molecule has 1 aliphatic rings. The minimum atomic E-state index is -3.39. The highest BCUT2D eigenvalue weighted by Crippen LogP contribution is 2.30. The van der Waals surface area contributed by atoms with Gasteiger partial charge in [-0.1, -0.05) is 19.9 Å². The second kappa shape index (κ2) is 7.31. The molecule has 1 aromatic rings. The van der Waals surface area contributed by atoms with Gasteiger partial charge in [-0.25, -0.2) is 8.42 Å². The third-order valence-electron chi connectivity index (χ3n) is 3.60. The van der Waals surface area contributed by atoms with Gasteiger partial charge in [-0.3, -0.25) is 9.52 Å². The van der Waals surface area contributed by atoms with Crippen molar-refractivity contribution in [2.24, 2.45) is 5.92 Å². The number of ether oxygens (including phenoxy) is 1. The van der Waals surface area contributed by atoms with Crippen LogP contribution in [0.1, 0.15) is 25.8 Å². The van der Waals surface area contributed by atoms with Crippen LogP contribution >= 0.6 is 0 Å². The van der Waals surface area contributed by atoms with Crippen LogP contribution in [0.4, 0.5) is 11.4 Å². The molecule has 1 heterocycles. The lowest BCUT2D eigenvalue weighted by Gasteiger charge is -2.30. The van der Waals surface area contributed by atoms with Gasteiger partial charge in [0.2, 0.25) is 10.0 Å².